The first-order valence-corrected chi connectivity index (χ1v) is 18.1. The summed E-state index contributed by atoms with van der Waals surface area (Å²) in [6.45, 7) is 6.62. The molecule has 0 amide bonds. The van der Waals surface area contributed by atoms with E-state index < -0.39 is 0 Å². The molecule has 0 heterocycles. The Kier molecular flexibility index (Phi) is 31.4. The van der Waals surface area contributed by atoms with E-state index in [-0.39, 0.29) is 12.0 Å². The summed E-state index contributed by atoms with van der Waals surface area (Å²) in [5, 5.41) is 0. The fourth-order valence-corrected chi connectivity index (χ4v) is 5.80. The van der Waals surface area contributed by atoms with E-state index >= 15 is 0 Å². The summed E-state index contributed by atoms with van der Waals surface area (Å²) in [4.78, 5) is 12.9. The van der Waals surface area contributed by atoms with Crippen molar-refractivity contribution in [3.63, 3.8) is 0 Å². The summed E-state index contributed by atoms with van der Waals surface area (Å²) in [5.74, 6) is 0.549. The molecule has 0 aliphatic carbocycles. The summed E-state index contributed by atoms with van der Waals surface area (Å²) in [6, 6.07) is -0.249. The molecule has 39 heavy (non-hydrogen) atoms. The van der Waals surface area contributed by atoms with Crippen molar-refractivity contribution >= 4 is 5.78 Å². The first-order chi connectivity index (χ1) is 19.2. The van der Waals surface area contributed by atoms with Gasteiger partial charge in [-0.1, -0.05) is 174 Å². The number of unbranched alkanes of at least 4 members (excludes halogenated alkanes) is 23. The molecular formula is C37H73NO. The Balaban J connectivity index is 3.78. The van der Waals surface area contributed by atoms with Crippen LogP contribution in [-0.2, 0) is 4.79 Å². The molecule has 232 valence electrons. The lowest BCUT2D eigenvalue weighted by Gasteiger charge is -2.19. The molecule has 0 fully saturated rings. The van der Waals surface area contributed by atoms with Crippen LogP contribution in [-0.4, -0.2) is 11.8 Å². The van der Waals surface area contributed by atoms with E-state index in [1.807, 2.05) is 6.92 Å². The predicted molar refractivity (Wildman–Crippen MR) is 177 cm³/mol. The van der Waals surface area contributed by atoms with Crippen LogP contribution < -0.4 is 5.73 Å². The van der Waals surface area contributed by atoms with Gasteiger partial charge in [-0.3, -0.25) is 4.79 Å². The van der Waals surface area contributed by atoms with E-state index in [0.717, 1.165) is 19.3 Å². The Hall–Kier alpha value is -0.630. The topological polar surface area (TPSA) is 43.1 Å². The number of carbonyl (C=O) groups excluding carboxylic acids is 1. The number of rotatable bonds is 32. The summed E-state index contributed by atoms with van der Waals surface area (Å²) in [5.41, 5.74) is 6.16. The minimum atomic E-state index is -0.249. The largest absolute Gasteiger partial charge is 0.322 e. The van der Waals surface area contributed by atoms with Crippen molar-refractivity contribution in [3.8, 4) is 0 Å². The number of nitrogens with two attached hydrogens (primary N) is 1. The van der Waals surface area contributed by atoms with Crippen LogP contribution in [0.4, 0.5) is 0 Å². The van der Waals surface area contributed by atoms with Gasteiger partial charge < -0.3 is 5.73 Å². The van der Waals surface area contributed by atoms with Gasteiger partial charge in [0, 0.05) is 5.92 Å². The third-order valence-electron chi connectivity index (χ3n) is 8.68. The minimum absolute atomic E-state index is 0.208. The molecule has 2 atom stereocenters. The van der Waals surface area contributed by atoms with Gasteiger partial charge >= 0.3 is 0 Å². The second-order valence-electron chi connectivity index (χ2n) is 12.5. The highest BCUT2D eigenvalue weighted by Crippen LogP contribution is 2.22. The van der Waals surface area contributed by atoms with Crippen LogP contribution in [0.25, 0.3) is 0 Å². The molecule has 2 nitrogen and oxygen atoms in total. The lowest BCUT2D eigenvalue weighted by Crippen LogP contribution is -2.35. The van der Waals surface area contributed by atoms with Crippen LogP contribution in [0.15, 0.2) is 12.2 Å². The molecule has 0 rings (SSSR count). The van der Waals surface area contributed by atoms with Gasteiger partial charge in [0.25, 0.3) is 0 Å². The maximum absolute atomic E-state index is 12.9. The molecule has 0 aliphatic rings. The predicted octanol–water partition coefficient (Wildman–Crippen LogP) is 12.4. The van der Waals surface area contributed by atoms with Crippen LogP contribution in [0, 0.1) is 5.92 Å². The summed E-state index contributed by atoms with van der Waals surface area (Å²) >= 11 is 0. The summed E-state index contributed by atoms with van der Waals surface area (Å²) in [7, 11) is 0. The van der Waals surface area contributed by atoms with Gasteiger partial charge in [0.1, 0.15) is 0 Å². The van der Waals surface area contributed by atoms with Crippen molar-refractivity contribution in [2.45, 2.75) is 213 Å². The van der Waals surface area contributed by atoms with E-state index in [0.29, 0.717) is 5.78 Å². The minimum Gasteiger partial charge on any atom is -0.322 e. The van der Waals surface area contributed by atoms with Crippen LogP contribution >= 0.6 is 0 Å². The highest BCUT2D eigenvalue weighted by atomic mass is 16.1. The fraction of sp³-hybridized carbons (Fsp3) is 0.919. The number of hydrogen-bond acceptors (Lipinski definition) is 2. The van der Waals surface area contributed by atoms with E-state index in [4.69, 9.17) is 5.73 Å². The molecule has 0 aromatic heterocycles. The van der Waals surface area contributed by atoms with Crippen molar-refractivity contribution in [1.29, 1.82) is 0 Å². The Morgan fingerprint density at radius 3 is 1.13 bits per heavy atom. The van der Waals surface area contributed by atoms with E-state index in [9.17, 15) is 4.79 Å². The maximum atomic E-state index is 12.9. The number of hydrogen-bond donors (Lipinski definition) is 1. The van der Waals surface area contributed by atoms with E-state index in [2.05, 4.69) is 26.0 Å². The van der Waals surface area contributed by atoms with Crippen LogP contribution in [0.2, 0.25) is 0 Å². The molecule has 0 bridgehead atoms. The first-order valence-electron chi connectivity index (χ1n) is 18.1. The zero-order valence-electron chi connectivity index (χ0n) is 27.3. The van der Waals surface area contributed by atoms with Crippen molar-refractivity contribution in [2.24, 2.45) is 11.7 Å². The monoisotopic (exact) mass is 548 g/mol. The van der Waals surface area contributed by atoms with Gasteiger partial charge in [0.2, 0.25) is 0 Å². The van der Waals surface area contributed by atoms with Crippen LogP contribution in [0.5, 0.6) is 0 Å². The van der Waals surface area contributed by atoms with Crippen molar-refractivity contribution < 1.29 is 4.79 Å². The highest BCUT2D eigenvalue weighted by molar-refractivity contribution is 5.85. The second-order valence-corrected chi connectivity index (χ2v) is 12.5. The lowest BCUT2D eigenvalue weighted by molar-refractivity contribution is -0.124. The van der Waals surface area contributed by atoms with Crippen molar-refractivity contribution in [3.05, 3.63) is 12.2 Å². The molecular weight excluding hydrogens is 474 g/mol. The number of ketones is 1. The molecule has 0 radical (unpaired) electrons. The van der Waals surface area contributed by atoms with Gasteiger partial charge in [0.15, 0.2) is 5.78 Å². The standard InChI is InChI=1S/C37H73NO/c1-4-7-9-11-13-15-17-19-20-21-22-24-26-28-30-32-34-35(37(39)36(38)6-3)33-31-29-27-25-23-18-16-14-12-10-8-5-2/h19-20,35-36H,4-18,21-34,38H2,1-3H3/b20-19-. The van der Waals surface area contributed by atoms with Crippen LogP contribution in [0.3, 0.4) is 0 Å². The Labute approximate surface area is 247 Å². The lowest BCUT2D eigenvalue weighted by atomic mass is 9.87. The number of Topliss-reactive ketones (excluding diaryl/α,β-unsaturated/α-hetero) is 1. The van der Waals surface area contributed by atoms with E-state index in [1.165, 1.54) is 167 Å². The third-order valence-corrected chi connectivity index (χ3v) is 8.68. The molecule has 0 saturated carbocycles. The quantitative estimate of drug-likeness (QED) is 0.0672. The highest BCUT2D eigenvalue weighted by Gasteiger charge is 2.22. The first kappa shape index (κ1) is 38.4. The average molecular weight is 548 g/mol. The van der Waals surface area contributed by atoms with Gasteiger partial charge in [-0.25, -0.2) is 0 Å². The SMILES string of the molecule is CCCCCCCC/C=C\CCCCCCCCC(CCCCCCCCCCCCCC)C(=O)C(N)CC. The van der Waals surface area contributed by atoms with Crippen molar-refractivity contribution in [1.82, 2.24) is 0 Å². The van der Waals surface area contributed by atoms with Gasteiger partial charge in [-0.05, 0) is 44.9 Å². The summed E-state index contributed by atoms with van der Waals surface area (Å²) in [6.07, 6.45) is 42.9. The van der Waals surface area contributed by atoms with Gasteiger partial charge in [-0.15, -0.1) is 0 Å². The zero-order valence-corrected chi connectivity index (χ0v) is 27.3. The smallest absolute Gasteiger partial charge is 0.152 e. The molecule has 0 aromatic carbocycles. The van der Waals surface area contributed by atoms with Crippen LogP contribution in [0.1, 0.15) is 207 Å². The fourth-order valence-electron chi connectivity index (χ4n) is 5.80. The molecule has 0 aliphatic heterocycles. The Morgan fingerprint density at radius 2 is 0.795 bits per heavy atom. The maximum Gasteiger partial charge on any atom is 0.152 e. The Bertz CT molecular complexity index is 514. The van der Waals surface area contributed by atoms with Gasteiger partial charge in [0.05, 0.1) is 6.04 Å². The molecule has 2 N–H and O–H groups in total. The number of carbonyl (C=O) groups is 1. The Morgan fingerprint density at radius 1 is 0.487 bits per heavy atom. The number of allylic oxidation sites excluding steroid dienone is 2. The normalized spacial score (nSPS) is 13.3. The molecule has 0 spiro atoms. The zero-order chi connectivity index (χ0) is 28.7. The molecule has 2 heteroatoms. The third kappa shape index (κ3) is 27.3. The molecule has 0 aromatic rings. The van der Waals surface area contributed by atoms with E-state index in [1.54, 1.807) is 0 Å². The summed E-state index contributed by atoms with van der Waals surface area (Å²) < 4.78 is 0. The second kappa shape index (κ2) is 31.9. The molecule has 0 saturated heterocycles. The van der Waals surface area contributed by atoms with Gasteiger partial charge in [-0.2, -0.15) is 0 Å². The van der Waals surface area contributed by atoms with Crippen molar-refractivity contribution in [2.75, 3.05) is 0 Å². The molecule has 2 unspecified atom stereocenters. The average Bonchev–Trinajstić information content (AvgIpc) is 2.95.